The van der Waals surface area contributed by atoms with Crippen LogP contribution in [0.4, 0.5) is 0 Å². The second kappa shape index (κ2) is 6.66. The highest BCUT2D eigenvalue weighted by Gasteiger charge is 2.21. The molecule has 3 rings (SSSR count). The van der Waals surface area contributed by atoms with Gasteiger partial charge in [0.05, 0.1) is 6.61 Å². The summed E-state index contributed by atoms with van der Waals surface area (Å²) in [6, 6.07) is 16.7. The van der Waals surface area contributed by atoms with Crippen LogP contribution in [0.15, 0.2) is 48.5 Å². The minimum Gasteiger partial charge on any atom is -0.490 e. The van der Waals surface area contributed by atoms with E-state index in [-0.39, 0.29) is 0 Å². The molecule has 0 aromatic heterocycles. The first-order valence-electron chi connectivity index (χ1n) is 7.80. The summed E-state index contributed by atoms with van der Waals surface area (Å²) in [6.45, 7) is 3.24. The van der Waals surface area contributed by atoms with E-state index in [0.29, 0.717) is 19.1 Å². The van der Waals surface area contributed by atoms with Gasteiger partial charge in [-0.25, -0.2) is 0 Å². The van der Waals surface area contributed by atoms with Crippen molar-refractivity contribution in [3.05, 3.63) is 59.7 Å². The van der Waals surface area contributed by atoms with Crippen LogP contribution >= 0.6 is 0 Å². The highest BCUT2D eigenvalue weighted by atomic mass is 16.5. The van der Waals surface area contributed by atoms with E-state index in [9.17, 15) is 0 Å². The summed E-state index contributed by atoms with van der Waals surface area (Å²) in [5, 5.41) is 0. The Hall–Kier alpha value is -1.96. The molecule has 2 nitrogen and oxygen atoms in total. The highest BCUT2D eigenvalue weighted by molar-refractivity contribution is 5.44. The summed E-state index contributed by atoms with van der Waals surface area (Å²) < 4.78 is 11.7. The average molecular weight is 282 g/mol. The van der Waals surface area contributed by atoms with Gasteiger partial charge in [0, 0.05) is 0 Å². The third kappa shape index (κ3) is 3.38. The van der Waals surface area contributed by atoms with E-state index >= 15 is 0 Å². The maximum Gasteiger partial charge on any atom is 0.161 e. The lowest BCUT2D eigenvalue weighted by atomic mass is 9.80. The van der Waals surface area contributed by atoms with E-state index in [2.05, 4.69) is 30.3 Å². The Morgan fingerprint density at radius 1 is 0.952 bits per heavy atom. The number of ether oxygens (including phenoxy) is 2. The van der Waals surface area contributed by atoms with Crippen molar-refractivity contribution in [2.24, 2.45) is 0 Å². The monoisotopic (exact) mass is 282 g/mol. The molecule has 1 saturated carbocycles. The first kappa shape index (κ1) is 14.0. The Labute approximate surface area is 126 Å². The normalized spacial score (nSPS) is 14.5. The molecule has 0 heterocycles. The molecule has 0 bridgehead atoms. The lowest BCUT2D eigenvalue weighted by Gasteiger charge is -2.26. The maximum atomic E-state index is 6.01. The molecule has 0 amide bonds. The Morgan fingerprint density at radius 3 is 2.43 bits per heavy atom. The van der Waals surface area contributed by atoms with Crippen molar-refractivity contribution < 1.29 is 9.47 Å². The Bertz CT molecular complexity index is 573. The van der Waals surface area contributed by atoms with Gasteiger partial charge in [-0.2, -0.15) is 0 Å². The summed E-state index contributed by atoms with van der Waals surface area (Å²) >= 11 is 0. The van der Waals surface area contributed by atoms with Crippen LogP contribution in [0.5, 0.6) is 11.5 Å². The molecular weight excluding hydrogens is 260 g/mol. The second-order valence-electron chi connectivity index (χ2n) is 5.54. The van der Waals surface area contributed by atoms with Crippen LogP contribution in [0.2, 0.25) is 0 Å². The van der Waals surface area contributed by atoms with Crippen molar-refractivity contribution in [3.63, 3.8) is 0 Å². The third-order valence-corrected chi connectivity index (χ3v) is 4.08. The Balaban J connectivity index is 1.76. The SMILES string of the molecule is CCOc1ccc(C2CCC2)cc1OCc1ccccc1. The molecule has 0 unspecified atom stereocenters. The summed E-state index contributed by atoms with van der Waals surface area (Å²) in [5.74, 6) is 2.42. The highest BCUT2D eigenvalue weighted by Crippen LogP contribution is 2.40. The predicted octanol–water partition coefficient (Wildman–Crippen LogP) is 4.93. The minimum atomic E-state index is 0.578. The summed E-state index contributed by atoms with van der Waals surface area (Å²) in [7, 11) is 0. The molecule has 0 saturated heterocycles. The van der Waals surface area contributed by atoms with Gasteiger partial charge in [0.15, 0.2) is 11.5 Å². The van der Waals surface area contributed by atoms with Crippen molar-refractivity contribution >= 4 is 0 Å². The fourth-order valence-electron chi connectivity index (χ4n) is 2.64. The van der Waals surface area contributed by atoms with Crippen LogP contribution in [0.25, 0.3) is 0 Å². The zero-order chi connectivity index (χ0) is 14.5. The standard InChI is InChI=1S/C19H22O2/c1-2-20-18-12-11-17(16-9-6-10-16)13-19(18)21-14-15-7-4-3-5-8-15/h3-5,7-8,11-13,16H,2,6,9-10,14H2,1H3. The van der Waals surface area contributed by atoms with Crippen LogP contribution in [0, 0.1) is 0 Å². The van der Waals surface area contributed by atoms with E-state index in [4.69, 9.17) is 9.47 Å². The van der Waals surface area contributed by atoms with Gasteiger partial charge in [0.2, 0.25) is 0 Å². The van der Waals surface area contributed by atoms with Gasteiger partial charge in [-0.3, -0.25) is 0 Å². The predicted molar refractivity (Wildman–Crippen MR) is 85.0 cm³/mol. The number of hydrogen-bond donors (Lipinski definition) is 0. The summed E-state index contributed by atoms with van der Waals surface area (Å²) in [4.78, 5) is 0. The van der Waals surface area contributed by atoms with Gasteiger partial charge < -0.3 is 9.47 Å². The van der Waals surface area contributed by atoms with Gasteiger partial charge in [0.1, 0.15) is 6.61 Å². The molecule has 2 aromatic rings. The van der Waals surface area contributed by atoms with Gasteiger partial charge >= 0.3 is 0 Å². The van der Waals surface area contributed by atoms with Gasteiger partial charge in [-0.1, -0.05) is 42.8 Å². The molecule has 0 N–H and O–H groups in total. The molecular formula is C19H22O2. The zero-order valence-electron chi connectivity index (χ0n) is 12.5. The van der Waals surface area contributed by atoms with Gasteiger partial charge in [-0.15, -0.1) is 0 Å². The van der Waals surface area contributed by atoms with Crippen molar-refractivity contribution in [1.29, 1.82) is 0 Å². The largest absolute Gasteiger partial charge is 0.490 e. The van der Waals surface area contributed by atoms with Crippen LogP contribution in [0.3, 0.4) is 0 Å². The first-order chi connectivity index (χ1) is 10.4. The Morgan fingerprint density at radius 2 is 1.76 bits per heavy atom. The lowest BCUT2D eigenvalue weighted by molar-refractivity contribution is 0.268. The van der Waals surface area contributed by atoms with Crippen molar-refractivity contribution in [2.75, 3.05) is 6.61 Å². The average Bonchev–Trinajstić information content (AvgIpc) is 2.47. The van der Waals surface area contributed by atoms with E-state index in [1.165, 1.54) is 30.4 Å². The van der Waals surface area contributed by atoms with E-state index in [1.807, 2.05) is 25.1 Å². The van der Waals surface area contributed by atoms with E-state index in [1.54, 1.807) is 0 Å². The molecule has 1 fully saturated rings. The molecule has 0 spiro atoms. The lowest BCUT2D eigenvalue weighted by Crippen LogP contribution is -2.09. The first-order valence-corrected chi connectivity index (χ1v) is 7.80. The third-order valence-electron chi connectivity index (χ3n) is 4.08. The van der Waals surface area contributed by atoms with Crippen LogP contribution in [-0.2, 0) is 6.61 Å². The van der Waals surface area contributed by atoms with Crippen molar-refractivity contribution in [2.45, 2.75) is 38.7 Å². The molecule has 0 atom stereocenters. The quantitative estimate of drug-likeness (QED) is 0.747. The fraction of sp³-hybridized carbons (Fsp3) is 0.368. The van der Waals surface area contributed by atoms with Crippen LogP contribution < -0.4 is 9.47 Å². The molecule has 1 aliphatic carbocycles. The maximum absolute atomic E-state index is 6.01. The molecule has 110 valence electrons. The topological polar surface area (TPSA) is 18.5 Å². The van der Waals surface area contributed by atoms with Crippen LogP contribution in [-0.4, -0.2) is 6.61 Å². The molecule has 0 aliphatic heterocycles. The molecule has 2 aromatic carbocycles. The van der Waals surface area contributed by atoms with E-state index < -0.39 is 0 Å². The molecule has 21 heavy (non-hydrogen) atoms. The van der Waals surface area contributed by atoms with Gasteiger partial charge in [0.25, 0.3) is 0 Å². The summed E-state index contributed by atoms with van der Waals surface area (Å²) in [5.41, 5.74) is 2.56. The van der Waals surface area contributed by atoms with Gasteiger partial charge in [-0.05, 0) is 48.9 Å². The van der Waals surface area contributed by atoms with Crippen LogP contribution in [0.1, 0.15) is 43.2 Å². The molecule has 2 heteroatoms. The van der Waals surface area contributed by atoms with Crippen molar-refractivity contribution in [1.82, 2.24) is 0 Å². The number of rotatable bonds is 6. The Kier molecular flexibility index (Phi) is 4.44. The zero-order valence-corrected chi connectivity index (χ0v) is 12.5. The minimum absolute atomic E-state index is 0.578. The number of benzene rings is 2. The van der Waals surface area contributed by atoms with E-state index in [0.717, 1.165) is 11.5 Å². The fourth-order valence-corrected chi connectivity index (χ4v) is 2.64. The van der Waals surface area contributed by atoms with Crippen molar-refractivity contribution in [3.8, 4) is 11.5 Å². The molecule has 1 aliphatic rings. The smallest absolute Gasteiger partial charge is 0.161 e. The molecule has 0 radical (unpaired) electrons. The number of hydrogen-bond acceptors (Lipinski definition) is 2. The second-order valence-corrected chi connectivity index (χ2v) is 5.54. The summed E-state index contributed by atoms with van der Waals surface area (Å²) in [6.07, 6.45) is 3.94.